The molecule has 0 aromatic carbocycles. The van der Waals surface area contributed by atoms with E-state index in [0.717, 1.165) is 44.7 Å². The van der Waals surface area contributed by atoms with Crippen LogP contribution in [-0.4, -0.2) is 58.5 Å². The van der Waals surface area contributed by atoms with Crippen LogP contribution in [0.1, 0.15) is 29.4 Å². The lowest BCUT2D eigenvalue weighted by atomic mass is 10.2. The van der Waals surface area contributed by atoms with Gasteiger partial charge in [0.2, 0.25) is 5.88 Å². The van der Waals surface area contributed by atoms with Crippen molar-refractivity contribution in [2.24, 2.45) is 0 Å². The summed E-state index contributed by atoms with van der Waals surface area (Å²) in [6.07, 6.45) is 4.51. The minimum Gasteiger partial charge on any atom is -0.478 e. The average Bonchev–Trinajstić information content (AvgIpc) is 2.68. The molecule has 1 aliphatic heterocycles. The molecule has 25 heavy (non-hydrogen) atoms. The topological polar surface area (TPSA) is 58.6 Å². The monoisotopic (exact) mass is 340 g/mol. The van der Waals surface area contributed by atoms with Crippen LogP contribution in [0.2, 0.25) is 0 Å². The largest absolute Gasteiger partial charge is 0.478 e. The minimum absolute atomic E-state index is 0.0133. The normalized spacial score (nSPS) is 15.2. The maximum atomic E-state index is 12.4. The highest BCUT2D eigenvalue weighted by Gasteiger charge is 2.22. The van der Waals surface area contributed by atoms with E-state index in [-0.39, 0.29) is 5.91 Å². The third kappa shape index (κ3) is 4.76. The van der Waals surface area contributed by atoms with Gasteiger partial charge in [0, 0.05) is 51.2 Å². The lowest BCUT2D eigenvalue weighted by Crippen LogP contribution is -2.48. The van der Waals surface area contributed by atoms with Gasteiger partial charge in [-0.25, -0.2) is 4.98 Å². The zero-order valence-electron chi connectivity index (χ0n) is 14.6. The van der Waals surface area contributed by atoms with Gasteiger partial charge >= 0.3 is 0 Å². The molecule has 0 radical (unpaired) electrons. The number of piperazine rings is 1. The predicted octanol–water partition coefficient (Wildman–Crippen LogP) is 2.22. The van der Waals surface area contributed by atoms with Gasteiger partial charge in [-0.15, -0.1) is 0 Å². The van der Waals surface area contributed by atoms with Gasteiger partial charge in [0.15, 0.2) is 0 Å². The van der Waals surface area contributed by atoms with Crippen LogP contribution in [0.5, 0.6) is 5.88 Å². The van der Waals surface area contributed by atoms with Crippen LogP contribution in [0.3, 0.4) is 0 Å². The summed E-state index contributed by atoms with van der Waals surface area (Å²) in [5.41, 5.74) is 1.68. The fraction of sp³-hybridized carbons (Fsp3) is 0.421. The SMILES string of the molecule is CCCOc1ccc(CN2CCN(C(=O)c3ccccn3)CC2)cn1. The molecule has 1 fully saturated rings. The molecular formula is C19H24N4O2. The van der Waals surface area contributed by atoms with Gasteiger partial charge in [0.25, 0.3) is 5.91 Å². The van der Waals surface area contributed by atoms with E-state index in [4.69, 9.17) is 4.74 Å². The first-order valence-corrected chi connectivity index (χ1v) is 8.76. The molecule has 6 nitrogen and oxygen atoms in total. The first-order chi connectivity index (χ1) is 12.3. The van der Waals surface area contributed by atoms with Crippen LogP contribution in [0, 0.1) is 0 Å². The van der Waals surface area contributed by atoms with E-state index in [2.05, 4.69) is 27.9 Å². The molecule has 0 unspecified atom stereocenters. The summed E-state index contributed by atoms with van der Waals surface area (Å²) in [7, 11) is 0. The standard InChI is InChI=1S/C19H24N4O2/c1-2-13-25-18-7-6-16(14-21-18)15-22-9-11-23(12-10-22)19(24)17-5-3-4-8-20-17/h3-8,14H,2,9-13,15H2,1H3. The maximum absolute atomic E-state index is 12.4. The molecule has 6 heteroatoms. The third-order valence-corrected chi connectivity index (χ3v) is 4.20. The Kier molecular flexibility index (Phi) is 5.95. The Bertz CT molecular complexity index is 668. The highest BCUT2D eigenvalue weighted by atomic mass is 16.5. The smallest absolute Gasteiger partial charge is 0.272 e. The van der Waals surface area contributed by atoms with Crippen molar-refractivity contribution >= 4 is 5.91 Å². The summed E-state index contributed by atoms with van der Waals surface area (Å²) in [5, 5.41) is 0. The van der Waals surface area contributed by atoms with Crippen molar-refractivity contribution in [3.05, 3.63) is 54.0 Å². The van der Waals surface area contributed by atoms with Crippen molar-refractivity contribution in [1.29, 1.82) is 0 Å². The Balaban J connectivity index is 1.48. The van der Waals surface area contributed by atoms with Crippen LogP contribution < -0.4 is 4.74 Å². The van der Waals surface area contributed by atoms with E-state index in [9.17, 15) is 4.79 Å². The molecular weight excluding hydrogens is 316 g/mol. The van der Waals surface area contributed by atoms with Crippen LogP contribution in [0.15, 0.2) is 42.7 Å². The van der Waals surface area contributed by atoms with E-state index in [1.165, 1.54) is 0 Å². The first-order valence-electron chi connectivity index (χ1n) is 8.76. The number of pyridine rings is 2. The van der Waals surface area contributed by atoms with Gasteiger partial charge in [-0.2, -0.15) is 0 Å². The van der Waals surface area contributed by atoms with Crippen molar-refractivity contribution in [3.63, 3.8) is 0 Å². The van der Waals surface area contributed by atoms with Crippen LogP contribution in [0.25, 0.3) is 0 Å². The predicted molar refractivity (Wildman–Crippen MR) is 95.4 cm³/mol. The highest BCUT2D eigenvalue weighted by Crippen LogP contribution is 2.13. The van der Waals surface area contributed by atoms with Crippen molar-refractivity contribution in [1.82, 2.24) is 19.8 Å². The Morgan fingerprint density at radius 1 is 1.12 bits per heavy atom. The lowest BCUT2D eigenvalue weighted by molar-refractivity contribution is 0.0622. The fourth-order valence-electron chi connectivity index (χ4n) is 2.82. The van der Waals surface area contributed by atoms with Gasteiger partial charge in [0.1, 0.15) is 5.69 Å². The number of rotatable bonds is 6. The van der Waals surface area contributed by atoms with Crippen LogP contribution >= 0.6 is 0 Å². The van der Waals surface area contributed by atoms with Crippen LogP contribution in [0.4, 0.5) is 0 Å². The molecule has 0 bridgehead atoms. The number of carbonyl (C=O) groups excluding carboxylic acids is 1. The summed E-state index contributed by atoms with van der Waals surface area (Å²) >= 11 is 0. The number of nitrogens with zero attached hydrogens (tertiary/aromatic N) is 4. The molecule has 0 saturated carbocycles. The van der Waals surface area contributed by atoms with Crippen molar-refractivity contribution in [2.75, 3.05) is 32.8 Å². The second-order valence-electron chi connectivity index (χ2n) is 6.14. The van der Waals surface area contributed by atoms with Gasteiger partial charge in [-0.05, 0) is 24.1 Å². The Labute approximate surface area is 148 Å². The molecule has 0 spiro atoms. The molecule has 132 valence electrons. The molecule has 0 aliphatic carbocycles. The Morgan fingerprint density at radius 3 is 2.60 bits per heavy atom. The second kappa shape index (κ2) is 8.58. The van der Waals surface area contributed by atoms with E-state index >= 15 is 0 Å². The number of hydrogen-bond donors (Lipinski definition) is 0. The van der Waals surface area contributed by atoms with Crippen molar-refractivity contribution in [3.8, 4) is 5.88 Å². The molecule has 2 aromatic rings. The number of hydrogen-bond acceptors (Lipinski definition) is 5. The number of ether oxygens (including phenoxy) is 1. The quantitative estimate of drug-likeness (QED) is 0.807. The molecule has 1 amide bonds. The first kappa shape index (κ1) is 17.4. The summed E-state index contributed by atoms with van der Waals surface area (Å²) in [6.45, 7) is 6.76. The number of aromatic nitrogens is 2. The Hall–Kier alpha value is -2.47. The summed E-state index contributed by atoms with van der Waals surface area (Å²) in [6, 6.07) is 9.41. The fourth-order valence-corrected chi connectivity index (χ4v) is 2.82. The molecule has 1 aliphatic rings. The molecule has 3 rings (SSSR count). The molecule has 0 N–H and O–H groups in total. The van der Waals surface area contributed by atoms with Crippen LogP contribution in [-0.2, 0) is 6.54 Å². The van der Waals surface area contributed by atoms with Crippen molar-refractivity contribution < 1.29 is 9.53 Å². The minimum atomic E-state index is 0.0133. The highest BCUT2D eigenvalue weighted by molar-refractivity contribution is 5.92. The van der Waals surface area contributed by atoms with E-state index < -0.39 is 0 Å². The van der Waals surface area contributed by atoms with E-state index in [0.29, 0.717) is 18.2 Å². The van der Waals surface area contributed by atoms with E-state index in [1.54, 1.807) is 12.3 Å². The average molecular weight is 340 g/mol. The zero-order chi connectivity index (χ0) is 17.5. The summed E-state index contributed by atoms with van der Waals surface area (Å²) in [4.78, 5) is 25.1. The number of amides is 1. The summed E-state index contributed by atoms with van der Waals surface area (Å²) < 4.78 is 5.51. The lowest BCUT2D eigenvalue weighted by Gasteiger charge is -2.34. The molecule has 3 heterocycles. The molecule has 1 saturated heterocycles. The second-order valence-corrected chi connectivity index (χ2v) is 6.14. The Morgan fingerprint density at radius 2 is 1.96 bits per heavy atom. The number of carbonyl (C=O) groups is 1. The van der Waals surface area contributed by atoms with E-state index in [1.807, 2.05) is 29.3 Å². The molecule has 0 atom stereocenters. The maximum Gasteiger partial charge on any atom is 0.272 e. The van der Waals surface area contributed by atoms with Gasteiger partial charge in [-0.1, -0.05) is 19.1 Å². The summed E-state index contributed by atoms with van der Waals surface area (Å²) in [5.74, 6) is 0.690. The van der Waals surface area contributed by atoms with Gasteiger partial charge < -0.3 is 9.64 Å². The van der Waals surface area contributed by atoms with Gasteiger partial charge in [0.05, 0.1) is 6.61 Å². The van der Waals surface area contributed by atoms with Crippen molar-refractivity contribution in [2.45, 2.75) is 19.9 Å². The molecule has 2 aromatic heterocycles. The van der Waals surface area contributed by atoms with Gasteiger partial charge in [-0.3, -0.25) is 14.7 Å². The zero-order valence-corrected chi connectivity index (χ0v) is 14.6. The third-order valence-electron chi connectivity index (χ3n) is 4.20.